The monoisotopic (exact) mass is 390 g/mol. The van der Waals surface area contributed by atoms with E-state index in [0.29, 0.717) is 13.2 Å². The van der Waals surface area contributed by atoms with E-state index >= 15 is 0 Å². The molecule has 29 heavy (non-hydrogen) atoms. The third-order valence-corrected chi connectivity index (χ3v) is 6.23. The fourth-order valence-corrected chi connectivity index (χ4v) is 4.50. The van der Waals surface area contributed by atoms with Gasteiger partial charge in [-0.1, -0.05) is 6.07 Å². The van der Waals surface area contributed by atoms with Crippen molar-refractivity contribution in [3.05, 3.63) is 58.8 Å². The molecule has 3 aromatic rings. The maximum atomic E-state index is 13.4. The Labute approximate surface area is 170 Å². The summed E-state index contributed by atoms with van der Waals surface area (Å²) >= 11 is 0. The number of H-pyrrole nitrogens is 1. The molecule has 5 rings (SSSR count). The van der Waals surface area contributed by atoms with Gasteiger partial charge in [0.25, 0.3) is 5.91 Å². The zero-order valence-corrected chi connectivity index (χ0v) is 17.0. The maximum Gasteiger partial charge on any atom is 0.254 e. The summed E-state index contributed by atoms with van der Waals surface area (Å²) in [7, 11) is 0. The number of amides is 1. The highest BCUT2D eigenvalue weighted by molar-refractivity contribution is 5.99. The lowest BCUT2D eigenvalue weighted by molar-refractivity contribution is 0.0735. The fraction of sp³-hybridized carbons (Fsp3) is 0.375. The number of benzene rings is 2. The van der Waals surface area contributed by atoms with Gasteiger partial charge in [-0.3, -0.25) is 4.79 Å². The Morgan fingerprint density at radius 3 is 2.72 bits per heavy atom. The number of ether oxygens (including phenoxy) is 2. The highest BCUT2D eigenvalue weighted by atomic mass is 16.5. The van der Waals surface area contributed by atoms with Gasteiger partial charge >= 0.3 is 0 Å². The number of likely N-dealkylation sites (tertiary alicyclic amines) is 1. The molecule has 0 radical (unpaired) electrons. The number of hydrogen-bond acceptors (Lipinski definition) is 3. The smallest absolute Gasteiger partial charge is 0.254 e. The predicted octanol–water partition coefficient (Wildman–Crippen LogP) is 4.92. The lowest BCUT2D eigenvalue weighted by Crippen LogP contribution is -2.30. The Morgan fingerprint density at radius 2 is 1.86 bits per heavy atom. The van der Waals surface area contributed by atoms with Crippen LogP contribution in [0.2, 0.25) is 0 Å². The van der Waals surface area contributed by atoms with Crippen LogP contribution >= 0.6 is 0 Å². The molecule has 3 heterocycles. The average Bonchev–Trinajstić information content (AvgIpc) is 3.24. The van der Waals surface area contributed by atoms with Crippen molar-refractivity contribution < 1.29 is 14.3 Å². The van der Waals surface area contributed by atoms with E-state index in [4.69, 9.17) is 9.47 Å². The number of fused-ring (bicyclic) bond motifs is 2. The SMILES string of the molecule is Cc1[nH]c2ccc(C(=O)N3CCC[C@H]3c3ccc4c(c3)OCCCO4)cc2c1C. The van der Waals surface area contributed by atoms with E-state index in [1.54, 1.807) is 0 Å². The number of hydrogen-bond donors (Lipinski definition) is 1. The molecule has 5 heteroatoms. The zero-order chi connectivity index (χ0) is 20.0. The lowest BCUT2D eigenvalue weighted by atomic mass is 10.0. The van der Waals surface area contributed by atoms with Crippen LogP contribution in [0.4, 0.5) is 0 Å². The minimum atomic E-state index is 0.0735. The highest BCUT2D eigenvalue weighted by Gasteiger charge is 2.31. The summed E-state index contributed by atoms with van der Waals surface area (Å²) in [6.45, 7) is 6.29. The molecule has 1 saturated heterocycles. The summed E-state index contributed by atoms with van der Waals surface area (Å²) < 4.78 is 11.6. The fourth-order valence-electron chi connectivity index (χ4n) is 4.50. The highest BCUT2D eigenvalue weighted by Crippen LogP contribution is 2.38. The molecule has 1 N–H and O–H groups in total. The van der Waals surface area contributed by atoms with Gasteiger partial charge in [0.2, 0.25) is 0 Å². The molecule has 2 aliphatic heterocycles. The van der Waals surface area contributed by atoms with Crippen LogP contribution in [0.1, 0.15) is 52.5 Å². The van der Waals surface area contributed by atoms with Crippen molar-refractivity contribution >= 4 is 16.8 Å². The van der Waals surface area contributed by atoms with Crippen molar-refractivity contribution in [1.82, 2.24) is 9.88 Å². The average molecular weight is 390 g/mol. The number of nitrogens with zero attached hydrogens (tertiary/aromatic N) is 1. The van der Waals surface area contributed by atoms with Gasteiger partial charge in [-0.2, -0.15) is 0 Å². The normalized spacial score (nSPS) is 18.8. The molecule has 0 bridgehead atoms. The van der Waals surface area contributed by atoms with Crippen LogP contribution in [0.5, 0.6) is 11.5 Å². The van der Waals surface area contributed by atoms with Crippen molar-refractivity contribution in [2.75, 3.05) is 19.8 Å². The number of aryl methyl sites for hydroxylation is 2. The summed E-state index contributed by atoms with van der Waals surface area (Å²) in [6.07, 6.45) is 2.86. The molecule has 0 unspecified atom stereocenters. The van der Waals surface area contributed by atoms with Gasteiger partial charge in [0, 0.05) is 35.1 Å². The Hall–Kier alpha value is -2.95. The minimum Gasteiger partial charge on any atom is -0.490 e. The number of aromatic amines is 1. The van der Waals surface area contributed by atoms with Crippen molar-refractivity contribution in [1.29, 1.82) is 0 Å². The van der Waals surface area contributed by atoms with Crippen LogP contribution < -0.4 is 9.47 Å². The van der Waals surface area contributed by atoms with E-state index in [0.717, 1.165) is 65.0 Å². The van der Waals surface area contributed by atoms with Gasteiger partial charge in [0.1, 0.15) is 0 Å². The van der Waals surface area contributed by atoms with Crippen LogP contribution in [0.3, 0.4) is 0 Å². The molecule has 5 nitrogen and oxygen atoms in total. The summed E-state index contributed by atoms with van der Waals surface area (Å²) in [4.78, 5) is 18.8. The van der Waals surface area contributed by atoms with E-state index in [1.807, 2.05) is 29.2 Å². The number of carbonyl (C=O) groups excluding carboxylic acids is 1. The summed E-state index contributed by atoms with van der Waals surface area (Å²) in [6, 6.07) is 12.2. The van der Waals surface area contributed by atoms with Crippen LogP contribution in [0.25, 0.3) is 10.9 Å². The van der Waals surface area contributed by atoms with Gasteiger partial charge in [-0.05, 0) is 68.1 Å². The van der Waals surface area contributed by atoms with E-state index in [2.05, 4.69) is 31.0 Å². The number of rotatable bonds is 2. The van der Waals surface area contributed by atoms with Gasteiger partial charge in [-0.25, -0.2) is 0 Å². The van der Waals surface area contributed by atoms with Crippen molar-refractivity contribution in [2.24, 2.45) is 0 Å². The first kappa shape index (κ1) is 18.1. The first-order chi connectivity index (χ1) is 14.1. The molecule has 1 atom stereocenters. The summed E-state index contributed by atoms with van der Waals surface area (Å²) in [5.74, 6) is 1.68. The van der Waals surface area contributed by atoms with Gasteiger partial charge in [0.05, 0.1) is 19.3 Å². The van der Waals surface area contributed by atoms with Crippen LogP contribution in [0.15, 0.2) is 36.4 Å². The molecule has 0 saturated carbocycles. The van der Waals surface area contributed by atoms with Gasteiger partial charge in [-0.15, -0.1) is 0 Å². The quantitative estimate of drug-likeness (QED) is 0.675. The minimum absolute atomic E-state index is 0.0735. The van der Waals surface area contributed by atoms with E-state index in [9.17, 15) is 4.79 Å². The summed E-state index contributed by atoms with van der Waals surface area (Å²) in [5.41, 5.74) is 5.31. The van der Waals surface area contributed by atoms with Crippen molar-refractivity contribution in [3.63, 3.8) is 0 Å². The third-order valence-electron chi connectivity index (χ3n) is 6.23. The molecular weight excluding hydrogens is 364 g/mol. The van der Waals surface area contributed by atoms with E-state index in [1.165, 1.54) is 5.56 Å². The third kappa shape index (κ3) is 3.15. The molecule has 1 amide bonds. The Bertz CT molecular complexity index is 1090. The molecule has 0 spiro atoms. The van der Waals surface area contributed by atoms with Crippen molar-refractivity contribution in [2.45, 2.75) is 39.2 Å². The molecule has 0 aliphatic carbocycles. The number of nitrogens with one attached hydrogen (secondary N) is 1. The Balaban J connectivity index is 1.45. The Kier molecular flexibility index (Phi) is 4.46. The second-order valence-electron chi connectivity index (χ2n) is 8.05. The lowest BCUT2D eigenvalue weighted by Gasteiger charge is -2.26. The number of aromatic nitrogens is 1. The summed E-state index contributed by atoms with van der Waals surface area (Å²) in [5, 5.41) is 1.12. The predicted molar refractivity (Wildman–Crippen MR) is 113 cm³/mol. The van der Waals surface area contributed by atoms with Crippen LogP contribution in [-0.2, 0) is 0 Å². The molecular formula is C24H26N2O3. The number of carbonyl (C=O) groups is 1. The molecule has 1 fully saturated rings. The Morgan fingerprint density at radius 1 is 1.03 bits per heavy atom. The molecule has 1 aromatic heterocycles. The first-order valence-corrected chi connectivity index (χ1v) is 10.4. The maximum absolute atomic E-state index is 13.4. The van der Waals surface area contributed by atoms with Crippen LogP contribution in [0, 0.1) is 13.8 Å². The molecule has 2 aromatic carbocycles. The topological polar surface area (TPSA) is 54.6 Å². The van der Waals surface area contributed by atoms with E-state index in [-0.39, 0.29) is 11.9 Å². The second-order valence-corrected chi connectivity index (χ2v) is 8.05. The molecule has 2 aliphatic rings. The molecule has 150 valence electrons. The first-order valence-electron chi connectivity index (χ1n) is 10.4. The second kappa shape index (κ2) is 7.14. The van der Waals surface area contributed by atoms with Crippen LogP contribution in [-0.4, -0.2) is 35.5 Å². The largest absolute Gasteiger partial charge is 0.490 e. The standard InChI is InChI=1S/C24H26N2O3/c1-15-16(2)25-20-8-6-18(13-19(15)20)24(27)26-10-3-5-21(26)17-7-9-22-23(14-17)29-12-4-11-28-22/h6-9,13-14,21,25H,3-5,10-12H2,1-2H3/t21-/m0/s1. The van der Waals surface area contributed by atoms with Crippen molar-refractivity contribution in [3.8, 4) is 11.5 Å². The zero-order valence-electron chi connectivity index (χ0n) is 17.0. The van der Waals surface area contributed by atoms with E-state index < -0.39 is 0 Å². The van der Waals surface area contributed by atoms with Gasteiger partial charge < -0.3 is 19.4 Å². The van der Waals surface area contributed by atoms with Gasteiger partial charge in [0.15, 0.2) is 11.5 Å².